The van der Waals surface area contributed by atoms with E-state index in [0.717, 1.165) is 39.2 Å². The zero-order valence-electron chi connectivity index (χ0n) is 26.1. The Kier molecular flexibility index (Phi) is 5.70. The number of benzene rings is 7. The lowest BCUT2D eigenvalue weighted by molar-refractivity contribution is 1.18. The third kappa shape index (κ3) is 3.88. The number of fused-ring (bicyclic) bond motifs is 13. The highest BCUT2D eigenvalue weighted by Crippen LogP contribution is 2.52. The van der Waals surface area contributed by atoms with Gasteiger partial charge >= 0.3 is 0 Å². The first-order valence-corrected chi connectivity index (χ1v) is 18.1. The van der Waals surface area contributed by atoms with E-state index in [1.165, 1.54) is 62.2 Å². The first-order chi connectivity index (χ1) is 24.3. The van der Waals surface area contributed by atoms with Gasteiger partial charge in [0.2, 0.25) is 0 Å². The summed E-state index contributed by atoms with van der Waals surface area (Å²) in [6.45, 7) is 0. The summed E-state index contributed by atoms with van der Waals surface area (Å²) in [7, 11) is 0. The Morgan fingerprint density at radius 1 is 0.429 bits per heavy atom. The molecule has 0 aliphatic carbocycles. The largest absolute Gasteiger partial charge is 0.309 e. The van der Waals surface area contributed by atoms with Crippen LogP contribution in [-0.2, 0) is 0 Å². The highest BCUT2D eigenvalue weighted by Gasteiger charge is 2.24. The van der Waals surface area contributed by atoms with Crippen LogP contribution >= 0.6 is 22.7 Å². The molecule has 228 valence electrons. The van der Waals surface area contributed by atoms with E-state index in [0.29, 0.717) is 0 Å². The molecule has 0 aliphatic rings. The minimum atomic E-state index is 0.726. The van der Waals surface area contributed by atoms with Crippen LogP contribution in [0.1, 0.15) is 0 Å². The zero-order valence-corrected chi connectivity index (χ0v) is 27.7. The van der Waals surface area contributed by atoms with E-state index in [-0.39, 0.29) is 0 Å². The van der Waals surface area contributed by atoms with Crippen LogP contribution in [0.4, 0.5) is 0 Å². The normalized spacial score (nSPS) is 12.1. The summed E-state index contributed by atoms with van der Waals surface area (Å²) < 4.78 is 7.85. The second kappa shape index (κ2) is 10.3. The number of para-hydroxylation sites is 2. The van der Waals surface area contributed by atoms with E-state index < -0.39 is 0 Å². The maximum absolute atomic E-state index is 5.14. The van der Waals surface area contributed by atoms with Crippen molar-refractivity contribution in [1.82, 2.24) is 14.5 Å². The fourth-order valence-electron chi connectivity index (χ4n) is 7.66. The Labute approximate surface area is 289 Å². The van der Waals surface area contributed by atoms with Gasteiger partial charge in [-0.1, -0.05) is 103 Å². The van der Waals surface area contributed by atoms with Crippen LogP contribution in [0.5, 0.6) is 0 Å². The predicted octanol–water partition coefficient (Wildman–Crippen LogP) is 12.8. The molecule has 0 bridgehead atoms. The van der Waals surface area contributed by atoms with Crippen LogP contribution in [0.3, 0.4) is 0 Å². The SMILES string of the molecule is c1ccc(-c2nc(-c3ccc(-n4c5ccccc5c5c6sc7ccccc7c6c6sc7ccccc7c6c54)cc3)nc3ccccc23)cc1. The van der Waals surface area contributed by atoms with Gasteiger partial charge in [-0.25, -0.2) is 9.97 Å². The molecule has 5 heteroatoms. The summed E-state index contributed by atoms with van der Waals surface area (Å²) in [5, 5.41) is 9.02. The highest BCUT2D eigenvalue weighted by molar-refractivity contribution is 7.30. The third-order valence-corrected chi connectivity index (χ3v) is 12.2. The van der Waals surface area contributed by atoms with Crippen molar-refractivity contribution in [2.75, 3.05) is 0 Å². The van der Waals surface area contributed by atoms with Crippen molar-refractivity contribution in [2.45, 2.75) is 0 Å². The summed E-state index contributed by atoms with van der Waals surface area (Å²) >= 11 is 3.83. The summed E-state index contributed by atoms with van der Waals surface area (Å²) in [6.07, 6.45) is 0. The van der Waals surface area contributed by atoms with Crippen molar-refractivity contribution in [3.63, 3.8) is 0 Å². The molecule has 0 radical (unpaired) electrons. The molecule has 4 aromatic heterocycles. The van der Waals surface area contributed by atoms with Crippen molar-refractivity contribution in [3.8, 4) is 28.3 Å². The molecule has 0 unspecified atom stereocenters. The van der Waals surface area contributed by atoms with Crippen LogP contribution in [0.25, 0.3) is 101 Å². The van der Waals surface area contributed by atoms with Gasteiger partial charge in [-0.15, -0.1) is 22.7 Å². The zero-order chi connectivity index (χ0) is 32.1. The van der Waals surface area contributed by atoms with Crippen LogP contribution < -0.4 is 0 Å². The molecule has 0 N–H and O–H groups in total. The van der Waals surface area contributed by atoms with E-state index in [2.05, 4.69) is 144 Å². The summed E-state index contributed by atoms with van der Waals surface area (Å²) in [4.78, 5) is 10.2. The number of hydrogen-bond donors (Lipinski definition) is 0. The van der Waals surface area contributed by atoms with E-state index in [4.69, 9.17) is 9.97 Å². The Balaban J connectivity index is 1.20. The number of hydrogen-bond acceptors (Lipinski definition) is 4. The lowest BCUT2D eigenvalue weighted by Crippen LogP contribution is -1.97. The molecule has 49 heavy (non-hydrogen) atoms. The Morgan fingerprint density at radius 3 is 1.73 bits per heavy atom. The minimum Gasteiger partial charge on any atom is -0.309 e. The summed E-state index contributed by atoms with van der Waals surface area (Å²) in [5.74, 6) is 0.726. The topological polar surface area (TPSA) is 30.7 Å². The van der Waals surface area contributed by atoms with Gasteiger partial charge in [0.05, 0.1) is 22.2 Å². The Morgan fingerprint density at radius 2 is 1.00 bits per heavy atom. The van der Waals surface area contributed by atoms with E-state index in [1.54, 1.807) is 0 Å². The number of thiophene rings is 2. The van der Waals surface area contributed by atoms with Crippen LogP contribution in [-0.4, -0.2) is 14.5 Å². The monoisotopic (exact) mass is 659 g/mol. The molecule has 7 aromatic carbocycles. The summed E-state index contributed by atoms with van der Waals surface area (Å²) in [5.41, 5.74) is 7.57. The molecule has 0 saturated carbocycles. The molecule has 0 amide bonds. The van der Waals surface area contributed by atoms with E-state index in [9.17, 15) is 0 Å². The number of rotatable bonds is 3. The lowest BCUT2D eigenvalue weighted by atomic mass is 10.0. The van der Waals surface area contributed by atoms with Crippen molar-refractivity contribution >= 4 is 95.7 Å². The van der Waals surface area contributed by atoms with Crippen LogP contribution in [0.2, 0.25) is 0 Å². The van der Waals surface area contributed by atoms with Gasteiger partial charge in [0, 0.05) is 73.3 Å². The Bertz CT molecular complexity index is 3060. The second-order valence-corrected chi connectivity index (χ2v) is 14.6. The van der Waals surface area contributed by atoms with E-state index >= 15 is 0 Å². The van der Waals surface area contributed by atoms with Crippen molar-refractivity contribution in [2.24, 2.45) is 0 Å². The lowest BCUT2D eigenvalue weighted by Gasteiger charge is -2.12. The van der Waals surface area contributed by atoms with Gasteiger partial charge in [-0.05, 0) is 48.5 Å². The third-order valence-electron chi connectivity index (χ3n) is 9.79. The molecular weight excluding hydrogens is 635 g/mol. The molecular formula is C44H25N3S2. The second-order valence-electron chi connectivity index (χ2n) is 12.5. The van der Waals surface area contributed by atoms with Gasteiger partial charge in [-0.3, -0.25) is 0 Å². The average molecular weight is 660 g/mol. The van der Waals surface area contributed by atoms with Crippen molar-refractivity contribution < 1.29 is 0 Å². The average Bonchev–Trinajstić information content (AvgIpc) is 3.84. The molecule has 0 fully saturated rings. The molecule has 0 spiro atoms. The molecule has 11 rings (SSSR count). The molecule has 0 saturated heterocycles. The van der Waals surface area contributed by atoms with Gasteiger partial charge < -0.3 is 4.57 Å². The molecule has 4 heterocycles. The van der Waals surface area contributed by atoms with Gasteiger partial charge in [0.15, 0.2) is 5.82 Å². The maximum Gasteiger partial charge on any atom is 0.160 e. The summed E-state index contributed by atoms with van der Waals surface area (Å²) in [6, 6.07) is 54.2. The first kappa shape index (κ1) is 27.1. The maximum atomic E-state index is 5.14. The van der Waals surface area contributed by atoms with Crippen molar-refractivity contribution in [1.29, 1.82) is 0 Å². The quantitative estimate of drug-likeness (QED) is 0.189. The van der Waals surface area contributed by atoms with Gasteiger partial charge in [-0.2, -0.15) is 0 Å². The Hall–Kier alpha value is -5.88. The fraction of sp³-hybridized carbons (Fsp3) is 0. The predicted molar refractivity (Wildman–Crippen MR) is 211 cm³/mol. The fourth-order valence-corrected chi connectivity index (χ4v) is 10.3. The molecule has 11 aromatic rings. The van der Waals surface area contributed by atoms with Crippen LogP contribution in [0, 0.1) is 0 Å². The molecule has 0 atom stereocenters. The van der Waals surface area contributed by atoms with Gasteiger partial charge in [0.1, 0.15) is 0 Å². The highest BCUT2D eigenvalue weighted by atomic mass is 32.1. The van der Waals surface area contributed by atoms with E-state index in [1.807, 2.05) is 34.8 Å². The molecule has 3 nitrogen and oxygen atoms in total. The molecule has 0 aliphatic heterocycles. The number of nitrogens with zero attached hydrogens (tertiary/aromatic N) is 3. The number of aromatic nitrogens is 3. The minimum absolute atomic E-state index is 0.726. The standard InChI is InChI=1S/C44H25N3S2/c1-2-12-26(13-3-1)40-29-14-4-8-18-33(29)45-44(46-40)27-22-24-28(25-23-27)47-34-19-9-5-15-30(34)37-41(47)38-31-16-6-10-20-35(31)48-43(38)39-32-17-7-11-21-36(32)49-42(37)39/h1-25H. The van der Waals surface area contributed by atoms with Crippen LogP contribution in [0.15, 0.2) is 152 Å². The van der Waals surface area contributed by atoms with Gasteiger partial charge in [0.25, 0.3) is 0 Å². The van der Waals surface area contributed by atoms with Crippen molar-refractivity contribution in [3.05, 3.63) is 152 Å². The smallest absolute Gasteiger partial charge is 0.160 e. The first-order valence-electron chi connectivity index (χ1n) is 16.4.